The third-order valence-corrected chi connectivity index (χ3v) is 6.09. The van der Waals surface area contributed by atoms with Gasteiger partial charge in [0, 0.05) is 23.8 Å². The van der Waals surface area contributed by atoms with Crippen LogP contribution in [0.5, 0.6) is 0 Å². The van der Waals surface area contributed by atoms with Crippen LogP contribution in [-0.4, -0.2) is 28.0 Å². The zero-order chi connectivity index (χ0) is 20.8. The summed E-state index contributed by atoms with van der Waals surface area (Å²) in [7, 11) is 1.26. The predicted octanol–water partition coefficient (Wildman–Crippen LogP) is 4.43. The van der Waals surface area contributed by atoms with E-state index in [4.69, 9.17) is 4.74 Å². The molecule has 0 radical (unpaired) electrons. The molecular formula is C20H15BrFN3O4. The monoisotopic (exact) mass is 459 g/mol. The average molecular weight is 460 g/mol. The number of benzene rings is 1. The van der Waals surface area contributed by atoms with Crippen LogP contribution in [0, 0.1) is 15.9 Å². The minimum Gasteiger partial charge on any atom is -0.468 e. The normalized spacial score (nSPS) is 20.9. The number of hydrogen-bond donors (Lipinski definition) is 0. The molecule has 0 N–H and O–H groups in total. The topological polar surface area (TPSA) is 95.2 Å². The third-order valence-electron chi connectivity index (χ3n) is 5.49. The van der Waals surface area contributed by atoms with Gasteiger partial charge < -0.3 is 4.74 Å². The molecule has 0 saturated heterocycles. The summed E-state index contributed by atoms with van der Waals surface area (Å²) < 4.78 is 19.2. The van der Waals surface area contributed by atoms with E-state index in [2.05, 4.69) is 25.9 Å². The summed E-state index contributed by atoms with van der Waals surface area (Å²) in [5.41, 5.74) is -0.123. The summed E-state index contributed by atoms with van der Waals surface area (Å²) in [6, 6.07) is 6.33. The highest BCUT2D eigenvalue weighted by Crippen LogP contribution is 2.56. The molecule has 2 heterocycles. The van der Waals surface area contributed by atoms with E-state index in [9.17, 15) is 19.3 Å². The van der Waals surface area contributed by atoms with Crippen LogP contribution < -0.4 is 0 Å². The summed E-state index contributed by atoms with van der Waals surface area (Å²) in [4.78, 5) is 32.3. The Morgan fingerprint density at radius 1 is 1.38 bits per heavy atom. The highest BCUT2D eigenvalue weighted by molar-refractivity contribution is 9.10. The van der Waals surface area contributed by atoms with Crippen molar-refractivity contribution < 1.29 is 18.8 Å². The molecule has 7 nitrogen and oxygen atoms in total. The first-order valence-electron chi connectivity index (χ1n) is 8.78. The van der Waals surface area contributed by atoms with E-state index >= 15 is 0 Å². The number of pyridine rings is 2. The highest BCUT2D eigenvalue weighted by atomic mass is 79.9. The molecule has 1 aromatic carbocycles. The Bertz CT molecular complexity index is 1130. The molecule has 1 aliphatic carbocycles. The van der Waals surface area contributed by atoms with Gasteiger partial charge in [-0.2, -0.15) is 0 Å². The van der Waals surface area contributed by atoms with E-state index in [1.165, 1.54) is 19.2 Å². The Kier molecular flexibility index (Phi) is 4.77. The van der Waals surface area contributed by atoms with Gasteiger partial charge in [0.2, 0.25) is 0 Å². The van der Waals surface area contributed by atoms with E-state index in [0.717, 1.165) is 11.8 Å². The van der Waals surface area contributed by atoms with Gasteiger partial charge in [-0.15, -0.1) is 0 Å². The summed E-state index contributed by atoms with van der Waals surface area (Å²) in [6.45, 7) is 0. The van der Waals surface area contributed by atoms with Crippen molar-refractivity contribution in [1.82, 2.24) is 9.97 Å². The molecule has 0 spiro atoms. The van der Waals surface area contributed by atoms with Gasteiger partial charge in [0.15, 0.2) is 0 Å². The molecule has 2 aromatic heterocycles. The minimum atomic E-state index is -1.23. The Morgan fingerprint density at radius 3 is 2.76 bits per heavy atom. The summed E-state index contributed by atoms with van der Waals surface area (Å²) in [6.07, 6.45) is 5.09. The number of aromatic nitrogens is 2. The first-order valence-corrected chi connectivity index (χ1v) is 9.57. The third kappa shape index (κ3) is 3.05. The number of ether oxygens (including phenoxy) is 1. The molecule has 0 unspecified atom stereocenters. The zero-order valence-corrected chi connectivity index (χ0v) is 16.8. The number of hydrogen-bond acceptors (Lipinski definition) is 6. The van der Waals surface area contributed by atoms with Crippen molar-refractivity contribution >= 4 is 38.5 Å². The van der Waals surface area contributed by atoms with E-state index in [-0.39, 0.29) is 27.2 Å². The first-order chi connectivity index (χ1) is 13.9. The molecule has 1 fully saturated rings. The van der Waals surface area contributed by atoms with Crippen LogP contribution in [-0.2, 0) is 14.9 Å². The lowest BCUT2D eigenvalue weighted by atomic mass is 9.56. The molecule has 0 bridgehead atoms. The second kappa shape index (κ2) is 7.14. The molecule has 0 aliphatic heterocycles. The Labute approximate surface area is 173 Å². The molecule has 148 valence electrons. The lowest BCUT2D eigenvalue weighted by Gasteiger charge is -2.45. The van der Waals surface area contributed by atoms with Crippen molar-refractivity contribution in [2.45, 2.75) is 24.2 Å². The van der Waals surface area contributed by atoms with E-state index in [0.29, 0.717) is 18.2 Å². The molecule has 9 heteroatoms. The van der Waals surface area contributed by atoms with Crippen LogP contribution in [0.4, 0.5) is 10.1 Å². The lowest BCUT2D eigenvalue weighted by molar-refractivity contribution is -0.386. The maximum atomic E-state index is 14.0. The fourth-order valence-electron chi connectivity index (χ4n) is 4.12. The predicted molar refractivity (Wildman–Crippen MR) is 106 cm³/mol. The van der Waals surface area contributed by atoms with Gasteiger partial charge in [0.1, 0.15) is 17.4 Å². The van der Waals surface area contributed by atoms with Crippen molar-refractivity contribution in [3.63, 3.8) is 0 Å². The van der Waals surface area contributed by atoms with Crippen molar-refractivity contribution in [3.05, 3.63) is 74.4 Å². The standard InChI is InChI=1S/C20H15BrFN3O4/c1-29-19(26)20(7-12(8-20)11-3-2-4-23-9-11)18-13-5-14(21)15(22)6-16(13)24-10-17(18)25(27)28/h2-6,9-10,12H,7-8H2,1H3. The number of nitro groups is 1. The van der Waals surface area contributed by atoms with Crippen LogP contribution in [0.25, 0.3) is 10.9 Å². The number of methoxy groups -OCH3 is 1. The van der Waals surface area contributed by atoms with Crippen molar-refractivity contribution in [1.29, 1.82) is 0 Å². The van der Waals surface area contributed by atoms with Crippen molar-refractivity contribution in [3.8, 4) is 0 Å². The van der Waals surface area contributed by atoms with Gasteiger partial charge in [-0.3, -0.25) is 19.9 Å². The smallest absolute Gasteiger partial charge is 0.316 e. The van der Waals surface area contributed by atoms with Crippen LogP contribution >= 0.6 is 15.9 Å². The van der Waals surface area contributed by atoms with Gasteiger partial charge in [0.05, 0.1) is 27.6 Å². The number of carbonyl (C=O) groups is 1. The molecule has 0 amide bonds. The Morgan fingerprint density at radius 2 is 2.14 bits per heavy atom. The van der Waals surface area contributed by atoms with Gasteiger partial charge in [-0.25, -0.2) is 9.37 Å². The number of carbonyl (C=O) groups excluding carboxylic acids is 1. The zero-order valence-electron chi connectivity index (χ0n) is 15.3. The summed E-state index contributed by atoms with van der Waals surface area (Å²) in [5.74, 6) is -1.11. The molecule has 3 aromatic rings. The molecule has 0 atom stereocenters. The van der Waals surface area contributed by atoms with Crippen LogP contribution in [0.3, 0.4) is 0 Å². The van der Waals surface area contributed by atoms with E-state index in [1.54, 1.807) is 18.5 Å². The number of fused-ring (bicyclic) bond motifs is 1. The van der Waals surface area contributed by atoms with Crippen LogP contribution in [0.2, 0.25) is 0 Å². The van der Waals surface area contributed by atoms with Gasteiger partial charge in [0.25, 0.3) is 5.69 Å². The molecule has 1 saturated carbocycles. The SMILES string of the molecule is COC(=O)C1(c2c([N+](=O)[O-])cnc3cc(F)c(Br)cc23)CC(c2cccnc2)C1. The number of esters is 1. The van der Waals surface area contributed by atoms with Crippen LogP contribution in [0.15, 0.2) is 47.3 Å². The minimum absolute atomic E-state index is 0.00508. The highest BCUT2D eigenvalue weighted by Gasteiger charge is 2.56. The fourth-order valence-corrected chi connectivity index (χ4v) is 4.46. The lowest BCUT2D eigenvalue weighted by Crippen LogP contribution is -2.48. The maximum Gasteiger partial charge on any atom is 0.316 e. The van der Waals surface area contributed by atoms with E-state index in [1.807, 2.05) is 6.07 Å². The van der Waals surface area contributed by atoms with Crippen molar-refractivity contribution in [2.24, 2.45) is 0 Å². The van der Waals surface area contributed by atoms with Gasteiger partial charge >= 0.3 is 5.97 Å². The first kappa shape index (κ1) is 19.4. The van der Waals surface area contributed by atoms with Gasteiger partial charge in [-0.05, 0) is 52.4 Å². The second-order valence-electron chi connectivity index (χ2n) is 7.02. The van der Waals surface area contributed by atoms with Crippen LogP contribution in [0.1, 0.15) is 29.9 Å². The fraction of sp³-hybridized carbons (Fsp3) is 0.250. The number of halogens is 2. The molecular weight excluding hydrogens is 445 g/mol. The Balaban J connectivity index is 1.94. The number of nitrogens with zero attached hydrogens (tertiary/aromatic N) is 3. The number of rotatable bonds is 4. The second-order valence-corrected chi connectivity index (χ2v) is 7.88. The molecule has 1 aliphatic rings. The maximum absolute atomic E-state index is 14.0. The van der Waals surface area contributed by atoms with Crippen molar-refractivity contribution in [2.75, 3.05) is 7.11 Å². The molecule has 4 rings (SSSR count). The quantitative estimate of drug-likeness (QED) is 0.325. The van der Waals surface area contributed by atoms with E-state index < -0.39 is 22.1 Å². The summed E-state index contributed by atoms with van der Waals surface area (Å²) in [5, 5.41) is 12.1. The van der Waals surface area contributed by atoms with Gasteiger partial charge in [-0.1, -0.05) is 6.07 Å². The largest absolute Gasteiger partial charge is 0.468 e. The Hall–Kier alpha value is -2.94. The average Bonchev–Trinajstić information content (AvgIpc) is 2.68. The molecule has 29 heavy (non-hydrogen) atoms. The summed E-state index contributed by atoms with van der Waals surface area (Å²) >= 11 is 3.12.